The number of nitrogens with one attached hydrogen (secondary N) is 2. The molecule has 0 radical (unpaired) electrons. The fourth-order valence-corrected chi connectivity index (χ4v) is 1.89. The standard InChI is InChI=1S/C16H19N3O2/c1-19(2)13-8-6-7-12(11-13)17-16(20)18-14-9-4-5-10-15(14)21-3/h4-11H,1-3H3,(H2,17,18,20). The number of hydrogen-bond donors (Lipinski definition) is 2. The van der Waals surface area contributed by atoms with Gasteiger partial charge in [0.05, 0.1) is 12.8 Å². The van der Waals surface area contributed by atoms with Gasteiger partial charge in [-0.15, -0.1) is 0 Å². The summed E-state index contributed by atoms with van der Waals surface area (Å²) in [6.45, 7) is 0. The molecule has 110 valence electrons. The van der Waals surface area contributed by atoms with Crippen molar-refractivity contribution in [1.82, 2.24) is 0 Å². The molecule has 0 bridgehead atoms. The Morgan fingerprint density at radius 1 is 1.05 bits per heavy atom. The van der Waals surface area contributed by atoms with Gasteiger partial charge in [-0.2, -0.15) is 0 Å². The highest BCUT2D eigenvalue weighted by Crippen LogP contribution is 2.23. The molecule has 2 rings (SSSR count). The predicted molar refractivity (Wildman–Crippen MR) is 86.4 cm³/mol. The maximum absolute atomic E-state index is 12.0. The van der Waals surface area contributed by atoms with Crippen molar-refractivity contribution in [2.45, 2.75) is 0 Å². The quantitative estimate of drug-likeness (QED) is 0.905. The molecule has 2 aromatic carbocycles. The molecule has 0 aromatic heterocycles. The molecule has 0 saturated heterocycles. The highest BCUT2D eigenvalue weighted by molar-refractivity contribution is 6.00. The lowest BCUT2D eigenvalue weighted by atomic mass is 10.2. The van der Waals surface area contributed by atoms with Crippen molar-refractivity contribution in [3.05, 3.63) is 48.5 Å². The average molecular weight is 285 g/mol. The van der Waals surface area contributed by atoms with Gasteiger partial charge in [0, 0.05) is 25.5 Å². The van der Waals surface area contributed by atoms with E-state index in [4.69, 9.17) is 4.74 Å². The van der Waals surface area contributed by atoms with Gasteiger partial charge in [-0.25, -0.2) is 4.79 Å². The summed E-state index contributed by atoms with van der Waals surface area (Å²) in [4.78, 5) is 14.0. The van der Waals surface area contributed by atoms with Gasteiger partial charge in [0.2, 0.25) is 0 Å². The van der Waals surface area contributed by atoms with Crippen LogP contribution in [0.3, 0.4) is 0 Å². The number of carbonyl (C=O) groups is 1. The molecule has 5 heteroatoms. The summed E-state index contributed by atoms with van der Waals surface area (Å²) < 4.78 is 5.20. The molecule has 0 aliphatic rings. The topological polar surface area (TPSA) is 53.6 Å². The first-order chi connectivity index (χ1) is 10.1. The van der Waals surface area contributed by atoms with Crippen LogP contribution in [0.2, 0.25) is 0 Å². The third-order valence-electron chi connectivity index (χ3n) is 2.98. The van der Waals surface area contributed by atoms with Crippen LogP contribution in [0.25, 0.3) is 0 Å². The third-order valence-corrected chi connectivity index (χ3v) is 2.98. The zero-order chi connectivity index (χ0) is 15.2. The molecule has 0 spiro atoms. The minimum atomic E-state index is -0.310. The summed E-state index contributed by atoms with van der Waals surface area (Å²) in [6, 6.07) is 14.6. The van der Waals surface area contributed by atoms with E-state index in [1.165, 1.54) is 0 Å². The number of benzene rings is 2. The number of para-hydroxylation sites is 2. The van der Waals surface area contributed by atoms with E-state index in [1.54, 1.807) is 19.2 Å². The molecule has 0 heterocycles. The summed E-state index contributed by atoms with van der Waals surface area (Å²) in [6.07, 6.45) is 0. The lowest BCUT2D eigenvalue weighted by Gasteiger charge is -2.14. The van der Waals surface area contributed by atoms with Crippen molar-refractivity contribution < 1.29 is 9.53 Å². The fraction of sp³-hybridized carbons (Fsp3) is 0.188. The van der Waals surface area contributed by atoms with Crippen molar-refractivity contribution >= 4 is 23.1 Å². The molecular formula is C16H19N3O2. The van der Waals surface area contributed by atoms with Gasteiger partial charge >= 0.3 is 6.03 Å². The van der Waals surface area contributed by atoms with Crippen LogP contribution in [0, 0.1) is 0 Å². The molecule has 2 N–H and O–H groups in total. The number of urea groups is 1. The molecule has 5 nitrogen and oxygen atoms in total. The number of nitrogens with zero attached hydrogens (tertiary/aromatic N) is 1. The summed E-state index contributed by atoms with van der Waals surface area (Å²) in [5, 5.41) is 5.57. The zero-order valence-electron chi connectivity index (χ0n) is 12.4. The first kappa shape index (κ1) is 14.7. The van der Waals surface area contributed by atoms with Crippen LogP contribution in [0.15, 0.2) is 48.5 Å². The van der Waals surface area contributed by atoms with Gasteiger partial charge in [0.25, 0.3) is 0 Å². The van der Waals surface area contributed by atoms with Crippen molar-refractivity contribution in [2.75, 3.05) is 36.7 Å². The molecule has 21 heavy (non-hydrogen) atoms. The monoisotopic (exact) mass is 285 g/mol. The molecule has 0 atom stereocenters. The lowest BCUT2D eigenvalue weighted by Crippen LogP contribution is -2.20. The number of carbonyl (C=O) groups excluding carboxylic acids is 1. The number of amides is 2. The Morgan fingerprint density at radius 3 is 2.52 bits per heavy atom. The van der Waals surface area contributed by atoms with Crippen LogP contribution in [0.5, 0.6) is 5.75 Å². The Labute approximate surface area is 124 Å². The van der Waals surface area contributed by atoms with Gasteiger partial charge in [-0.3, -0.25) is 0 Å². The Hall–Kier alpha value is -2.69. The largest absolute Gasteiger partial charge is 0.495 e. The number of rotatable bonds is 4. The number of anilines is 3. The van der Waals surface area contributed by atoms with Crippen LogP contribution in [-0.2, 0) is 0 Å². The lowest BCUT2D eigenvalue weighted by molar-refractivity contribution is 0.262. The fourth-order valence-electron chi connectivity index (χ4n) is 1.89. The number of ether oxygens (including phenoxy) is 1. The van der Waals surface area contributed by atoms with E-state index >= 15 is 0 Å². The van der Waals surface area contributed by atoms with Gasteiger partial charge in [-0.05, 0) is 30.3 Å². The Balaban J connectivity index is 2.06. The zero-order valence-corrected chi connectivity index (χ0v) is 12.4. The van der Waals surface area contributed by atoms with E-state index in [9.17, 15) is 4.79 Å². The highest BCUT2D eigenvalue weighted by atomic mass is 16.5. The normalized spacial score (nSPS) is 9.86. The smallest absolute Gasteiger partial charge is 0.323 e. The van der Waals surface area contributed by atoms with Gasteiger partial charge in [-0.1, -0.05) is 18.2 Å². The average Bonchev–Trinajstić information content (AvgIpc) is 2.48. The van der Waals surface area contributed by atoms with E-state index in [1.807, 2.05) is 55.4 Å². The first-order valence-electron chi connectivity index (χ1n) is 6.58. The Kier molecular flexibility index (Phi) is 4.66. The summed E-state index contributed by atoms with van der Waals surface area (Å²) in [5.74, 6) is 0.620. The molecule has 0 aliphatic carbocycles. The van der Waals surface area contributed by atoms with Crippen molar-refractivity contribution in [3.8, 4) is 5.75 Å². The van der Waals surface area contributed by atoms with Crippen molar-refractivity contribution in [3.63, 3.8) is 0 Å². The Morgan fingerprint density at radius 2 is 1.81 bits per heavy atom. The molecule has 2 aromatic rings. The third kappa shape index (κ3) is 3.89. The van der Waals surface area contributed by atoms with Crippen molar-refractivity contribution in [2.24, 2.45) is 0 Å². The van der Waals surface area contributed by atoms with Crippen LogP contribution < -0.4 is 20.3 Å². The summed E-state index contributed by atoms with van der Waals surface area (Å²) >= 11 is 0. The molecule has 2 amide bonds. The number of methoxy groups -OCH3 is 1. The second kappa shape index (κ2) is 6.65. The van der Waals surface area contributed by atoms with E-state index < -0.39 is 0 Å². The minimum Gasteiger partial charge on any atom is -0.495 e. The minimum absolute atomic E-state index is 0.310. The molecule has 0 unspecified atom stereocenters. The van der Waals surface area contributed by atoms with E-state index in [0.29, 0.717) is 11.4 Å². The van der Waals surface area contributed by atoms with Crippen LogP contribution in [-0.4, -0.2) is 27.2 Å². The second-order valence-electron chi connectivity index (χ2n) is 4.72. The molecular weight excluding hydrogens is 266 g/mol. The summed E-state index contributed by atoms with van der Waals surface area (Å²) in [7, 11) is 5.47. The molecule has 0 fully saturated rings. The predicted octanol–water partition coefficient (Wildman–Crippen LogP) is 3.41. The van der Waals surface area contributed by atoms with E-state index in [-0.39, 0.29) is 6.03 Å². The van der Waals surface area contributed by atoms with Crippen LogP contribution >= 0.6 is 0 Å². The second-order valence-corrected chi connectivity index (χ2v) is 4.72. The van der Waals surface area contributed by atoms with Crippen molar-refractivity contribution in [1.29, 1.82) is 0 Å². The van der Waals surface area contributed by atoms with E-state index in [0.717, 1.165) is 11.4 Å². The van der Waals surface area contributed by atoms with Gasteiger partial charge in [0.1, 0.15) is 5.75 Å². The maximum atomic E-state index is 12.0. The Bertz CT molecular complexity index is 626. The van der Waals surface area contributed by atoms with E-state index in [2.05, 4.69) is 10.6 Å². The number of hydrogen-bond acceptors (Lipinski definition) is 3. The summed E-state index contributed by atoms with van der Waals surface area (Å²) in [5.41, 5.74) is 2.37. The van der Waals surface area contributed by atoms with Gasteiger partial charge < -0.3 is 20.3 Å². The SMILES string of the molecule is COc1ccccc1NC(=O)Nc1cccc(N(C)C)c1. The van der Waals surface area contributed by atoms with Crippen LogP contribution in [0.1, 0.15) is 0 Å². The molecule has 0 aliphatic heterocycles. The maximum Gasteiger partial charge on any atom is 0.323 e. The van der Waals surface area contributed by atoms with Gasteiger partial charge in [0.15, 0.2) is 0 Å². The highest BCUT2D eigenvalue weighted by Gasteiger charge is 2.07. The first-order valence-corrected chi connectivity index (χ1v) is 6.58. The molecule has 0 saturated carbocycles. The van der Waals surface area contributed by atoms with Crippen LogP contribution in [0.4, 0.5) is 21.9 Å².